The molecule has 6 nitrogen and oxygen atoms in total. The number of benzene rings is 1. The Labute approximate surface area is 134 Å². The van der Waals surface area contributed by atoms with Crippen LogP contribution in [0.1, 0.15) is 36.0 Å². The minimum Gasteiger partial charge on any atom is -0.393 e. The summed E-state index contributed by atoms with van der Waals surface area (Å²) in [7, 11) is 1.53. The highest BCUT2D eigenvalue weighted by atomic mass is 35.5. The summed E-state index contributed by atoms with van der Waals surface area (Å²) >= 11 is 6.03. The standard InChI is InChI=1S/C15H20ClN3O3/c1-17-14(21)12-7-4-10(8-13(12)16)19-15(22)18-9-2-5-11(20)6-3-9/h4,7-9,11,20H,2-3,5-6H2,1H3,(H,17,21)(H2,18,19,22). The van der Waals surface area contributed by atoms with Crippen molar-refractivity contribution in [1.29, 1.82) is 0 Å². The van der Waals surface area contributed by atoms with Gasteiger partial charge in [-0.1, -0.05) is 11.6 Å². The van der Waals surface area contributed by atoms with Crippen molar-refractivity contribution >= 4 is 29.2 Å². The van der Waals surface area contributed by atoms with Crippen molar-refractivity contribution in [2.45, 2.75) is 37.8 Å². The maximum atomic E-state index is 11.9. The maximum Gasteiger partial charge on any atom is 0.319 e. The summed E-state index contributed by atoms with van der Waals surface area (Å²) in [6.07, 6.45) is 2.70. The van der Waals surface area contributed by atoms with E-state index in [1.165, 1.54) is 13.1 Å². The fourth-order valence-electron chi connectivity index (χ4n) is 2.48. The minimum atomic E-state index is -0.315. The Hall–Kier alpha value is -1.79. The average molecular weight is 326 g/mol. The van der Waals surface area contributed by atoms with Gasteiger partial charge in [0.25, 0.3) is 5.91 Å². The van der Waals surface area contributed by atoms with Crippen molar-refractivity contribution < 1.29 is 14.7 Å². The molecule has 0 aliphatic heterocycles. The van der Waals surface area contributed by atoms with Crippen molar-refractivity contribution in [3.63, 3.8) is 0 Å². The van der Waals surface area contributed by atoms with Crippen molar-refractivity contribution in [2.75, 3.05) is 12.4 Å². The molecule has 1 fully saturated rings. The largest absolute Gasteiger partial charge is 0.393 e. The molecule has 1 aliphatic rings. The lowest BCUT2D eigenvalue weighted by Gasteiger charge is -2.26. The zero-order valence-corrected chi connectivity index (χ0v) is 13.1. The van der Waals surface area contributed by atoms with Gasteiger partial charge in [-0.05, 0) is 43.9 Å². The van der Waals surface area contributed by atoms with Crippen molar-refractivity contribution in [3.05, 3.63) is 28.8 Å². The molecule has 3 amide bonds. The van der Waals surface area contributed by atoms with Crippen LogP contribution in [0.4, 0.5) is 10.5 Å². The van der Waals surface area contributed by atoms with Crippen molar-refractivity contribution in [3.8, 4) is 0 Å². The molecule has 0 aromatic heterocycles. The molecule has 7 heteroatoms. The van der Waals surface area contributed by atoms with Crippen LogP contribution in [0.25, 0.3) is 0 Å². The lowest BCUT2D eigenvalue weighted by Crippen LogP contribution is -2.40. The molecule has 0 unspecified atom stereocenters. The van der Waals surface area contributed by atoms with E-state index in [1.807, 2.05) is 0 Å². The second kappa shape index (κ2) is 7.47. The third-order valence-corrected chi connectivity index (χ3v) is 4.04. The van der Waals surface area contributed by atoms with Gasteiger partial charge in [-0.15, -0.1) is 0 Å². The minimum absolute atomic E-state index is 0.0732. The highest BCUT2D eigenvalue weighted by Gasteiger charge is 2.20. The number of carbonyl (C=O) groups excluding carboxylic acids is 2. The fourth-order valence-corrected chi connectivity index (χ4v) is 2.75. The van der Waals surface area contributed by atoms with E-state index in [2.05, 4.69) is 16.0 Å². The van der Waals surface area contributed by atoms with Gasteiger partial charge in [0, 0.05) is 18.8 Å². The van der Waals surface area contributed by atoms with Gasteiger partial charge in [-0.3, -0.25) is 4.79 Å². The van der Waals surface area contributed by atoms with E-state index in [9.17, 15) is 14.7 Å². The first kappa shape index (κ1) is 16.6. The topological polar surface area (TPSA) is 90.5 Å². The summed E-state index contributed by atoms with van der Waals surface area (Å²) in [5.74, 6) is -0.276. The molecule has 1 saturated carbocycles. The summed E-state index contributed by atoms with van der Waals surface area (Å²) in [5, 5.41) is 17.8. The Bertz CT molecular complexity index is 557. The lowest BCUT2D eigenvalue weighted by molar-refractivity contribution is 0.0963. The third-order valence-electron chi connectivity index (χ3n) is 3.73. The van der Waals surface area contributed by atoms with Gasteiger partial charge < -0.3 is 21.1 Å². The van der Waals surface area contributed by atoms with Crippen LogP contribution in [-0.4, -0.2) is 36.2 Å². The number of hydrogen-bond acceptors (Lipinski definition) is 3. The van der Waals surface area contributed by atoms with Crippen LogP contribution >= 0.6 is 11.6 Å². The molecular formula is C15H20ClN3O3. The Kier molecular flexibility index (Phi) is 5.63. The Morgan fingerprint density at radius 2 is 1.91 bits per heavy atom. The molecular weight excluding hydrogens is 306 g/mol. The van der Waals surface area contributed by atoms with E-state index in [0.717, 1.165) is 12.8 Å². The summed E-state index contributed by atoms with van der Waals surface area (Å²) < 4.78 is 0. The molecule has 22 heavy (non-hydrogen) atoms. The normalized spacial score (nSPS) is 21.0. The maximum absolute atomic E-state index is 11.9. The van der Waals surface area contributed by atoms with Crippen LogP contribution in [0.2, 0.25) is 5.02 Å². The number of aliphatic hydroxyl groups is 1. The van der Waals surface area contributed by atoms with Crippen LogP contribution in [0.3, 0.4) is 0 Å². The zero-order chi connectivity index (χ0) is 16.1. The van der Waals surface area contributed by atoms with E-state index >= 15 is 0 Å². The average Bonchev–Trinajstić information content (AvgIpc) is 2.49. The smallest absolute Gasteiger partial charge is 0.319 e. The molecule has 1 aliphatic carbocycles. The van der Waals surface area contributed by atoms with Crippen LogP contribution in [0.5, 0.6) is 0 Å². The van der Waals surface area contributed by atoms with E-state index in [4.69, 9.17) is 11.6 Å². The summed E-state index contributed by atoms with van der Waals surface area (Å²) in [5.41, 5.74) is 0.877. The summed E-state index contributed by atoms with van der Waals surface area (Å²) in [6.45, 7) is 0. The van der Waals surface area contributed by atoms with Gasteiger partial charge in [0.05, 0.1) is 16.7 Å². The lowest BCUT2D eigenvalue weighted by atomic mass is 9.93. The molecule has 120 valence electrons. The Morgan fingerprint density at radius 1 is 1.23 bits per heavy atom. The number of urea groups is 1. The number of carbonyl (C=O) groups is 2. The molecule has 0 saturated heterocycles. The van der Waals surface area contributed by atoms with Gasteiger partial charge in [0.15, 0.2) is 0 Å². The number of nitrogens with one attached hydrogen (secondary N) is 3. The number of anilines is 1. The molecule has 0 heterocycles. The van der Waals surface area contributed by atoms with Crippen molar-refractivity contribution in [2.24, 2.45) is 0 Å². The molecule has 0 radical (unpaired) electrons. The monoisotopic (exact) mass is 325 g/mol. The molecule has 0 atom stereocenters. The van der Waals surface area contributed by atoms with Crippen LogP contribution in [0.15, 0.2) is 18.2 Å². The second-order valence-corrected chi connectivity index (χ2v) is 5.78. The zero-order valence-electron chi connectivity index (χ0n) is 12.4. The van der Waals surface area contributed by atoms with Crippen molar-refractivity contribution in [1.82, 2.24) is 10.6 Å². The number of amides is 3. The van der Waals surface area contributed by atoms with E-state index in [0.29, 0.717) is 24.1 Å². The van der Waals surface area contributed by atoms with Crippen LogP contribution < -0.4 is 16.0 Å². The molecule has 4 N–H and O–H groups in total. The first-order valence-electron chi connectivity index (χ1n) is 7.27. The van der Waals surface area contributed by atoms with Gasteiger partial charge in [0.1, 0.15) is 0 Å². The number of aliphatic hydroxyl groups excluding tert-OH is 1. The molecule has 2 rings (SSSR count). The highest BCUT2D eigenvalue weighted by Crippen LogP contribution is 2.21. The first-order valence-corrected chi connectivity index (χ1v) is 7.64. The van der Waals surface area contributed by atoms with Crippen LogP contribution in [0, 0.1) is 0 Å². The van der Waals surface area contributed by atoms with E-state index < -0.39 is 0 Å². The van der Waals surface area contributed by atoms with Gasteiger partial charge >= 0.3 is 6.03 Å². The highest BCUT2D eigenvalue weighted by molar-refractivity contribution is 6.34. The Morgan fingerprint density at radius 3 is 2.50 bits per heavy atom. The van der Waals surface area contributed by atoms with E-state index in [-0.39, 0.29) is 29.1 Å². The summed E-state index contributed by atoms with van der Waals surface area (Å²) in [4.78, 5) is 23.5. The van der Waals surface area contributed by atoms with Crippen LogP contribution in [-0.2, 0) is 0 Å². The number of hydrogen-bond donors (Lipinski definition) is 4. The predicted octanol–water partition coefficient (Wildman–Crippen LogP) is 2.12. The third kappa shape index (κ3) is 4.35. The molecule has 0 spiro atoms. The van der Waals surface area contributed by atoms with Gasteiger partial charge in [-0.2, -0.15) is 0 Å². The van der Waals surface area contributed by atoms with E-state index in [1.54, 1.807) is 12.1 Å². The Balaban J connectivity index is 1.91. The quantitative estimate of drug-likeness (QED) is 0.686. The molecule has 1 aromatic rings. The molecule has 0 bridgehead atoms. The number of halogens is 1. The summed E-state index contributed by atoms with van der Waals surface area (Å²) in [6, 6.07) is 4.49. The van der Waals surface area contributed by atoms with Gasteiger partial charge in [0.2, 0.25) is 0 Å². The predicted molar refractivity (Wildman–Crippen MR) is 85.3 cm³/mol. The fraction of sp³-hybridized carbons (Fsp3) is 0.467. The second-order valence-electron chi connectivity index (χ2n) is 5.38. The first-order chi connectivity index (χ1) is 10.5. The van der Waals surface area contributed by atoms with Gasteiger partial charge in [-0.25, -0.2) is 4.79 Å². The number of rotatable bonds is 3. The molecule has 1 aromatic carbocycles. The SMILES string of the molecule is CNC(=O)c1ccc(NC(=O)NC2CCC(O)CC2)cc1Cl.